The number of hydrogen-bond donors (Lipinski definition) is 2. The topological polar surface area (TPSA) is 120 Å². The molecule has 49 heavy (non-hydrogen) atoms. The summed E-state index contributed by atoms with van der Waals surface area (Å²) in [4.78, 5) is 19.3. The van der Waals surface area contributed by atoms with Gasteiger partial charge in [0, 0.05) is 54.1 Å². The van der Waals surface area contributed by atoms with Crippen LogP contribution in [0.5, 0.6) is 0 Å². The first kappa shape index (κ1) is 35.3. The van der Waals surface area contributed by atoms with Crippen molar-refractivity contribution in [1.82, 2.24) is 20.1 Å². The van der Waals surface area contributed by atoms with Gasteiger partial charge >= 0.3 is 6.09 Å². The molecule has 2 heterocycles. The SMILES string of the molecule is CC(C)NCc1ccccc1N(C)C(=O)OC(C)[n+]1cnn(C[C@](O)(c2cc(F)ccc2F)[C@@H](C)c2nc(-c3ccc(C#N)cc3)cs2)c1. The number of aliphatic hydroxyl groups is 1. The molecule has 0 saturated carbocycles. The zero-order chi connectivity index (χ0) is 35.3. The molecule has 0 aliphatic carbocycles. The first-order chi connectivity index (χ1) is 23.4. The summed E-state index contributed by atoms with van der Waals surface area (Å²) >= 11 is 1.27. The van der Waals surface area contributed by atoms with Crippen LogP contribution in [0.15, 0.2) is 84.8 Å². The maximum Gasteiger partial charge on any atom is 0.416 e. The fourth-order valence-electron chi connectivity index (χ4n) is 5.37. The molecule has 10 nitrogen and oxygen atoms in total. The third-order valence-corrected chi connectivity index (χ3v) is 9.36. The number of hydrogen-bond acceptors (Lipinski definition) is 8. The number of anilines is 1. The average molecular weight is 687 g/mol. The highest BCUT2D eigenvalue weighted by molar-refractivity contribution is 7.10. The number of halogens is 2. The lowest BCUT2D eigenvalue weighted by molar-refractivity contribution is -0.753. The van der Waals surface area contributed by atoms with E-state index in [1.165, 1.54) is 38.1 Å². The molecule has 0 radical (unpaired) electrons. The van der Waals surface area contributed by atoms with Gasteiger partial charge < -0.3 is 15.2 Å². The quantitative estimate of drug-likeness (QED) is 0.145. The molecular weight excluding hydrogens is 649 g/mol. The minimum Gasteiger partial charge on any atom is -0.412 e. The van der Waals surface area contributed by atoms with Gasteiger partial charge in [-0.1, -0.05) is 51.1 Å². The van der Waals surface area contributed by atoms with E-state index in [1.54, 1.807) is 45.2 Å². The van der Waals surface area contributed by atoms with Crippen LogP contribution in [-0.4, -0.2) is 39.1 Å². The Balaban J connectivity index is 1.37. The normalized spacial score (nSPS) is 13.8. The summed E-state index contributed by atoms with van der Waals surface area (Å²) in [6.07, 6.45) is 1.57. The van der Waals surface area contributed by atoms with E-state index in [0.29, 0.717) is 28.5 Å². The number of amides is 1. The van der Waals surface area contributed by atoms with E-state index >= 15 is 4.39 Å². The van der Waals surface area contributed by atoms with E-state index in [1.807, 2.05) is 43.5 Å². The maximum atomic E-state index is 15.3. The number of carbonyl (C=O) groups excluding carboxylic acids is 1. The molecule has 0 bridgehead atoms. The second-order valence-corrected chi connectivity index (χ2v) is 13.0. The fourth-order valence-corrected chi connectivity index (χ4v) is 6.34. The van der Waals surface area contributed by atoms with E-state index in [4.69, 9.17) is 15.0 Å². The summed E-state index contributed by atoms with van der Waals surface area (Å²) in [5.41, 5.74) is 1.30. The van der Waals surface area contributed by atoms with E-state index in [2.05, 4.69) is 16.5 Å². The Morgan fingerprint density at radius 1 is 1.14 bits per heavy atom. The lowest BCUT2D eigenvalue weighted by atomic mass is 9.82. The van der Waals surface area contributed by atoms with Gasteiger partial charge in [-0.2, -0.15) is 9.83 Å². The van der Waals surface area contributed by atoms with Crippen molar-refractivity contribution in [2.75, 3.05) is 11.9 Å². The van der Waals surface area contributed by atoms with Crippen molar-refractivity contribution in [3.63, 3.8) is 0 Å². The third-order valence-electron chi connectivity index (χ3n) is 8.34. The second-order valence-electron chi connectivity index (χ2n) is 12.1. The predicted octanol–water partition coefficient (Wildman–Crippen LogP) is 6.42. The van der Waals surface area contributed by atoms with Crippen LogP contribution >= 0.6 is 11.3 Å². The number of nitrogens with one attached hydrogen (secondary N) is 1. The van der Waals surface area contributed by atoms with Gasteiger partial charge in [-0.05, 0) is 42.0 Å². The minimum atomic E-state index is -2.00. The van der Waals surface area contributed by atoms with Crippen molar-refractivity contribution < 1.29 is 28.0 Å². The van der Waals surface area contributed by atoms with Gasteiger partial charge in [-0.15, -0.1) is 16.0 Å². The summed E-state index contributed by atoms with van der Waals surface area (Å²) in [7, 11) is 1.64. The number of benzene rings is 3. The number of rotatable bonds is 12. The highest BCUT2D eigenvalue weighted by Crippen LogP contribution is 2.41. The van der Waals surface area contributed by atoms with Gasteiger partial charge in [-0.25, -0.2) is 18.6 Å². The molecule has 5 aromatic rings. The van der Waals surface area contributed by atoms with Gasteiger partial charge in [0.1, 0.15) is 23.8 Å². The highest BCUT2D eigenvalue weighted by atomic mass is 32.1. The molecule has 1 amide bonds. The number of aromatic nitrogens is 4. The van der Waals surface area contributed by atoms with Crippen molar-refractivity contribution in [2.45, 2.75) is 64.6 Å². The van der Waals surface area contributed by atoms with E-state index in [9.17, 15) is 14.3 Å². The van der Waals surface area contributed by atoms with Crippen LogP contribution < -0.4 is 14.8 Å². The average Bonchev–Trinajstić information content (AvgIpc) is 3.78. The van der Waals surface area contributed by atoms with Gasteiger partial charge in [0.15, 0.2) is 0 Å². The van der Waals surface area contributed by atoms with Crippen molar-refractivity contribution in [2.24, 2.45) is 0 Å². The van der Waals surface area contributed by atoms with Gasteiger partial charge in [0.2, 0.25) is 12.6 Å². The Bertz CT molecular complexity index is 1960. The standard InChI is InChI=1S/C36H38F2N7O3S/c1-23(2)40-18-28-8-6-7-9-33(28)43(5)35(46)48-25(4)44-21-41-45(22-44)20-36(47,30-16-29(37)14-15-31(30)38)24(3)34-42-32(19-49-34)27-12-10-26(17-39)11-13-27/h6-16,19,21-25,40,47H,18,20H2,1-5H3/q+1/t24-,25?,36+/m0/s1. The molecule has 0 aliphatic heterocycles. The van der Waals surface area contributed by atoms with Crippen LogP contribution in [0.3, 0.4) is 0 Å². The smallest absolute Gasteiger partial charge is 0.412 e. The zero-order valence-corrected chi connectivity index (χ0v) is 28.7. The van der Waals surface area contributed by atoms with Gasteiger partial charge in [0.25, 0.3) is 6.33 Å². The molecule has 0 fully saturated rings. The number of para-hydroxylation sites is 1. The van der Waals surface area contributed by atoms with Crippen LogP contribution in [-0.2, 0) is 23.4 Å². The maximum absolute atomic E-state index is 15.3. The molecule has 1 unspecified atom stereocenters. The molecule has 0 spiro atoms. The summed E-state index contributed by atoms with van der Waals surface area (Å²) < 4.78 is 38.5. The number of nitrogens with zero attached hydrogens (tertiary/aromatic N) is 6. The summed E-state index contributed by atoms with van der Waals surface area (Å²) in [6.45, 7) is 7.76. The Kier molecular flexibility index (Phi) is 10.8. The molecule has 0 saturated heterocycles. The van der Waals surface area contributed by atoms with Crippen molar-refractivity contribution in [1.29, 1.82) is 5.26 Å². The predicted molar refractivity (Wildman–Crippen MR) is 181 cm³/mol. The first-order valence-electron chi connectivity index (χ1n) is 15.7. The van der Waals surface area contributed by atoms with Crippen LogP contribution in [0.2, 0.25) is 0 Å². The van der Waals surface area contributed by atoms with E-state index in [0.717, 1.165) is 29.3 Å². The summed E-state index contributed by atoms with van der Waals surface area (Å²) in [6, 6.07) is 19.8. The van der Waals surface area contributed by atoms with E-state index in [-0.39, 0.29) is 18.2 Å². The van der Waals surface area contributed by atoms with Crippen molar-refractivity contribution in [3.05, 3.63) is 118 Å². The molecule has 3 aromatic carbocycles. The Morgan fingerprint density at radius 2 is 1.88 bits per heavy atom. The van der Waals surface area contributed by atoms with Crippen LogP contribution in [0.1, 0.15) is 61.5 Å². The second kappa shape index (κ2) is 15.0. The Hall–Kier alpha value is -5.03. The number of thiazole rings is 1. The van der Waals surface area contributed by atoms with E-state index < -0.39 is 35.5 Å². The molecular formula is C36H38F2N7O3S+. The number of nitriles is 1. The van der Waals surface area contributed by atoms with Gasteiger partial charge in [0.05, 0.1) is 28.0 Å². The monoisotopic (exact) mass is 686 g/mol. The Labute approximate surface area is 287 Å². The number of carbonyl (C=O) groups is 1. The lowest BCUT2D eigenvalue weighted by Crippen LogP contribution is -2.42. The van der Waals surface area contributed by atoms with Crippen LogP contribution in [0, 0.1) is 23.0 Å². The fraction of sp³-hybridized carbons (Fsp3) is 0.306. The molecule has 254 valence electrons. The highest BCUT2D eigenvalue weighted by Gasteiger charge is 2.43. The van der Waals surface area contributed by atoms with Gasteiger partial charge in [-0.3, -0.25) is 4.90 Å². The van der Waals surface area contributed by atoms with Crippen LogP contribution in [0.25, 0.3) is 11.3 Å². The lowest BCUT2D eigenvalue weighted by Gasteiger charge is -2.32. The zero-order valence-electron chi connectivity index (χ0n) is 27.8. The molecule has 2 aromatic heterocycles. The minimum absolute atomic E-state index is 0.246. The molecule has 2 N–H and O–H groups in total. The first-order valence-corrected chi connectivity index (χ1v) is 16.6. The third kappa shape index (κ3) is 8.00. The van der Waals surface area contributed by atoms with Crippen molar-refractivity contribution >= 4 is 23.1 Å². The molecule has 3 atom stereocenters. The molecule has 0 aliphatic rings. The van der Waals surface area contributed by atoms with Crippen molar-refractivity contribution in [3.8, 4) is 17.3 Å². The molecule has 5 rings (SSSR count). The molecule has 13 heteroatoms. The van der Waals surface area contributed by atoms with Crippen LogP contribution in [0.4, 0.5) is 19.3 Å². The number of ether oxygens (including phenoxy) is 1. The Morgan fingerprint density at radius 3 is 2.59 bits per heavy atom. The summed E-state index contributed by atoms with van der Waals surface area (Å²) in [5, 5.41) is 31.4. The largest absolute Gasteiger partial charge is 0.416 e. The summed E-state index contributed by atoms with van der Waals surface area (Å²) in [5.74, 6) is -2.30.